The predicted octanol–water partition coefficient (Wildman–Crippen LogP) is 1.07. The van der Waals surface area contributed by atoms with E-state index in [4.69, 9.17) is 5.73 Å². The summed E-state index contributed by atoms with van der Waals surface area (Å²) >= 11 is 0. The highest BCUT2D eigenvalue weighted by Gasteiger charge is 2.31. The number of nitrogens with two attached hydrogens (primary N) is 1. The maximum atomic E-state index is 12.0. The van der Waals surface area contributed by atoms with E-state index in [9.17, 15) is 4.79 Å². The van der Waals surface area contributed by atoms with Crippen LogP contribution in [0.25, 0.3) is 0 Å². The molecule has 1 saturated carbocycles. The highest BCUT2D eigenvalue weighted by atomic mass is 16.1. The van der Waals surface area contributed by atoms with Crippen LogP contribution >= 0.6 is 0 Å². The SMILES string of the molecule is NCC1CCCC1C(=O)NCc1ccncc1. The van der Waals surface area contributed by atoms with E-state index in [0.717, 1.165) is 24.8 Å². The zero-order chi connectivity index (χ0) is 12.1. The number of rotatable bonds is 4. The average Bonchev–Trinajstić information content (AvgIpc) is 2.85. The van der Waals surface area contributed by atoms with E-state index in [0.29, 0.717) is 19.0 Å². The predicted molar refractivity (Wildman–Crippen MR) is 66.0 cm³/mol. The molecule has 0 spiro atoms. The number of hydrogen-bond acceptors (Lipinski definition) is 3. The van der Waals surface area contributed by atoms with Crippen LogP contribution in [0.4, 0.5) is 0 Å². The second-order valence-corrected chi connectivity index (χ2v) is 4.61. The van der Waals surface area contributed by atoms with Gasteiger partial charge in [-0.2, -0.15) is 0 Å². The normalized spacial score (nSPS) is 23.6. The number of pyridine rings is 1. The molecule has 92 valence electrons. The number of nitrogens with zero attached hydrogens (tertiary/aromatic N) is 1. The molecule has 1 amide bonds. The van der Waals surface area contributed by atoms with E-state index in [1.807, 2.05) is 12.1 Å². The Morgan fingerprint density at radius 1 is 1.41 bits per heavy atom. The van der Waals surface area contributed by atoms with Crippen LogP contribution in [0.5, 0.6) is 0 Å². The van der Waals surface area contributed by atoms with E-state index in [2.05, 4.69) is 10.3 Å². The molecular formula is C13H19N3O. The summed E-state index contributed by atoms with van der Waals surface area (Å²) in [6.45, 7) is 1.20. The molecule has 1 fully saturated rings. The van der Waals surface area contributed by atoms with Crippen LogP contribution in [-0.2, 0) is 11.3 Å². The van der Waals surface area contributed by atoms with Gasteiger partial charge in [0, 0.05) is 24.9 Å². The first kappa shape index (κ1) is 12.0. The molecule has 2 atom stereocenters. The van der Waals surface area contributed by atoms with Crippen molar-refractivity contribution in [3.05, 3.63) is 30.1 Å². The Labute approximate surface area is 102 Å². The van der Waals surface area contributed by atoms with Crippen molar-refractivity contribution in [2.24, 2.45) is 17.6 Å². The third-order valence-corrected chi connectivity index (χ3v) is 3.51. The van der Waals surface area contributed by atoms with Crippen LogP contribution < -0.4 is 11.1 Å². The van der Waals surface area contributed by atoms with Crippen LogP contribution in [0.2, 0.25) is 0 Å². The van der Waals surface area contributed by atoms with Crippen LogP contribution in [0, 0.1) is 11.8 Å². The van der Waals surface area contributed by atoms with Gasteiger partial charge in [-0.3, -0.25) is 9.78 Å². The smallest absolute Gasteiger partial charge is 0.223 e. The third-order valence-electron chi connectivity index (χ3n) is 3.51. The molecule has 4 heteroatoms. The van der Waals surface area contributed by atoms with Crippen LogP contribution in [-0.4, -0.2) is 17.4 Å². The Morgan fingerprint density at radius 3 is 2.88 bits per heavy atom. The van der Waals surface area contributed by atoms with Gasteiger partial charge in [0.2, 0.25) is 5.91 Å². The molecular weight excluding hydrogens is 214 g/mol. The van der Waals surface area contributed by atoms with E-state index in [1.54, 1.807) is 12.4 Å². The number of aromatic nitrogens is 1. The zero-order valence-corrected chi connectivity index (χ0v) is 9.93. The molecule has 0 saturated heterocycles. The Hall–Kier alpha value is -1.42. The van der Waals surface area contributed by atoms with Crippen molar-refractivity contribution >= 4 is 5.91 Å². The van der Waals surface area contributed by atoms with Gasteiger partial charge in [0.15, 0.2) is 0 Å². The van der Waals surface area contributed by atoms with E-state index >= 15 is 0 Å². The van der Waals surface area contributed by atoms with Crippen molar-refractivity contribution in [2.45, 2.75) is 25.8 Å². The molecule has 1 aliphatic carbocycles. The molecule has 2 unspecified atom stereocenters. The Morgan fingerprint density at radius 2 is 2.18 bits per heavy atom. The lowest BCUT2D eigenvalue weighted by atomic mass is 9.95. The number of amides is 1. The average molecular weight is 233 g/mol. The zero-order valence-electron chi connectivity index (χ0n) is 9.93. The standard InChI is InChI=1S/C13H19N3O/c14-8-11-2-1-3-12(11)13(17)16-9-10-4-6-15-7-5-10/h4-7,11-12H,1-3,8-9,14H2,(H,16,17). The molecule has 2 rings (SSSR count). The van der Waals surface area contributed by atoms with Crippen molar-refractivity contribution < 1.29 is 4.79 Å². The molecule has 3 N–H and O–H groups in total. The van der Waals surface area contributed by atoms with Gasteiger partial charge in [0.1, 0.15) is 0 Å². The lowest BCUT2D eigenvalue weighted by Gasteiger charge is -2.17. The minimum absolute atomic E-state index is 0.113. The number of hydrogen-bond donors (Lipinski definition) is 2. The monoisotopic (exact) mass is 233 g/mol. The Balaban J connectivity index is 1.85. The summed E-state index contributed by atoms with van der Waals surface area (Å²) < 4.78 is 0. The first-order valence-electron chi connectivity index (χ1n) is 6.18. The van der Waals surface area contributed by atoms with Gasteiger partial charge >= 0.3 is 0 Å². The third kappa shape index (κ3) is 3.03. The van der Waals surface area contributed by atoms with Crippen LogP contribution in [0.3, 0.4) is 0 Å². The number of nitrogens with one attached hydrogen (secondary N) is 1. The first-order chi connectivity index (χ1) is 8.31. The minimum Gasteiger partial charge on any atom is -0.352 e. The molecule has 1 aromatic heterocycles. The van der Waals surface area contributed by atoms with Gasteiger partial charge in [0.25, 0.3) is 0 Å². The van der Waals surface area contributed by atoms with E-state index < -0.39 is 0 Å². The van der Waals surface area contributed by atoms with Crippen molar-refractivity contribution in [3.63, 3.8) is 0 Å². The summed E-state index contributed by atoms with van der Waals surface area (Å²) in [5.41, 5.74) is 6.76. The number of carbonyl (C=O) groups is 1. The summed E-state index contributed by atoms with van der Waals surface area (Å²) in [6, 6.07) is 3.82. The second-order valence-electron chi connectivity index (χ2n) is 4.61. The topological polar surface area (TPSA) is 68.0 Å². The summed E-state index contributed by atoms with van der Waals surface area (Å²) in [5.74, 6) is 0.629. The quantitative estimate of drug-likeness (QED) is 0.817. The highest BCUT2D eigenvalue weighted by molar-refractivity contribution is 5.79. The minimum atomic E-state index is 0.113. The van der Waals surface area contributed by atoms with Gasteiger partial charge in [-0.1, -0.05) is 6.42 Å². The molecule has 0 bridgehead atoms. The second kappa shape index (κ2) is 5.77. The van der Waals surface area contributed by atoms with Crippen molar-refractivity contribution in [2.75, 3.05) is 6.54 Å². The molecule has 4 nitrogen and oxygen atoms in total. The molecule has 17 heavy (non-hydrogen) atoms. The molecule has 0 radical (unpaired) electrons. The van der Waals surface area contributed by atoms with Crippen LogP contribution in [0.1, 0.15) is 24.8 Å². The lowest BCUT2D eigenvalue weighted by molar-refractivity contribution is -0.126. The molecule has 1 aliphatic rings. The summed E-state index contributed by atoms with van der Waals surface area (Å²) in [5, 5.41) is 2.98. The summed E-state index contributed by atoms with van der Waals surface area (Å²) in [7, 11) is 0. The van der Waals surface area contributed by atoms with Gasteiger partial charge in [-0.05, 0) is 43.0 Å². The van der Waals surface area contributed by atoms with Gasteiger partial charge in [0.05, 0.1) is 0 Å². The Bertz CT molecular complexity index is 366. The number of carbonyl (C=O) groups excluding carboxylic acids is 1. The van der Waals surface area contributed by atoms with Crippen LogP contribution in [0.15, 0.2) is 24.5 Å². The largest absolute Gasteiger partial charge is 0.352 e. The first-order valence-corrected chi connectivity index (χ1v) is 6.18. The fourth-order valence-corrected chi connectivity index (χ4v) is 2.49. The molecule has 0 aliphatic heterocycles. The van der Waals surface area contributed by atoms with Gasteiger partial charge < -0.3 is 11.1 Å². The Kier molecular flexibility index (Phi) is 4.09. The van der Waals surface area contributed by atoms with Crippen molar-refractivity contribution in [3.8, 4) is 0 Å². The van der Waals surface area contributed by atoms with Crippen molar-refractivity contribution in [1.82, 2.24) is 10.3 Å². The van der Waals surface area contributed by atoms with E-state index in [-0.39, 0.29) is 11.8 Å². The maximum absolute atomic E-state index is 12.0. The maximum Gasteiger partial charge on any atom is 0.223 e. The molecule has 1 aromatic rings. The molecule has 1 heterocycles. The van der Waals surface area contributed by atoms with Crippen molar-refractivity contribution in [1.29, 1.82) is 0 Å². The van der Waals surface area contributed by atoms with E-state index in [1.165, 1.54) is 0 Å². The lowest BCUT2D eigenvalue weighted by Crippen LogP contribution is -2.34. The summed E-state index contributed by atoms with van der Waals surface area (Å²) in [6.07, 6.45) is 6.66. The molecule has 0 aromatic carbocycles. The van der Waals surface area contributed by atoms with Gasteiger partial charge in [-0.15, -0.1) is 0 Å². The fraction of sp³-hybridized carbons (Fsp3) is 0.538. The highest BCUT2D eigenvalue weighted by Crippen LogP contribution is 2.30. The fourth-order valence-electron chi connectivity index (χ4n) is 2.49. The van der Waals surface area contributed by atoms with Gasteiger partial charge in [-0.25, -0.2) is 0 Å². The summed E-state index contributed by atoms with van der Waals surface area (Å²) in [4.78, 5) is 16.0.